The Morgan fingerprint density at radius 1 is 1.11 bits per heavy atom. The van der Waals surface area contributed by atoms with Crippen LogP contribution < -0.4 is 0 Å². The molecular formula is C21H30N2O3S. The monoisotopic (exact) mass is 390 g/mol. The third-order valence-electron chi connectivity index (χ3n) is 4.55. The number of hydrogen-bond acceptors (Lipinski definition) is 4. The fourth-order valence-corrected chi connectivity index (χ4v) is 3.74. The highest BCUT2D eigenvalue weighted by atomic mass is 32.1. The van der Waals surface area contributed by atoms with E-state index in [2.05, 4.69) is 46.5 Å². The molecule has 0 aliphatic rings. The van der Waals surface area contributed by atoms with Gasteiger partial charge in [0.25, 0.3) is 0 Å². The van der Waals surface area contributed by atoms with Crippen LogP contribution in [0.3, 0.4) is 0 Å². The van der Waals surface area contributed by atoms with Gasteiger partial charge in [-0.15, -0.1) is 11.3 Å². The number of amides is 1. The highest BCUT2D eigenvalue weighted by Gasteiger charge is 2.27. The zero-order valence-electron chi connectivity index (χ0n) is 17.3. The molecule has 0 saturated carbocycles. The molecule has 0 atom stereocenters. The summed E-state index contributed by atoms with van der Waals surface area (Å²) in [6.07, 6.45) is -0.941. The van der Waals surface area contributed by atoms with Crippen molar-refractivity contribution in [3.8, 4) is 17.0 Å². The highest BCUT2D eigenvalue weighted by Crippen LogP contribution is 2.42. The lowest BCUT2D eigenvalue weighted by atomic mass is 9.78. The van der Waals surface area contributed by atoms with Crippen LogP contribution in [-0.4, -0.2) is 32.7 Å². The van der Waals surface area contributed by atoms with Gasteiger partial charge >= 0.3 is 6.09 Å². The molecule has 148 valence electrons. The Morgan fingerprint density at radius 3 is 2.04 bits per heavy atom. The van der Waals surface area contributed by atoms with Crippen molar-refractivity contribution in [1.29, 1.82) is 0 Å². The summed E-state index contributed by atoms with van der Waals surface area (Å²) in [5.41, 5.74) is 3.12. The van der Waals surface area contributed by atoms with Gasteiger partial charge in [-0.3, -0.25) is 0 Å². The Balaban J connectivity index is 2.52. The lowest BCUT2D eigenvalue weighted by molar-refractivity contribution is 0.145. The third-order valence-corrected chi connectivity index (χ3v) is 5.39. The van der Waals surface area contributed by atoms with Gasteiger partial charge in [0, 0.05) is 28.6 Å². The van der Waals surface area contributed by atoms with Gasteiger partial charge in [-0.25, -0.2) is 9.78 Å². The first-order valence-corrected chi connectivity index (χ1v) is 10.0. The smallest absolute Gasteiger partial charge is 0.407 e. The maximum absolute atomic E-state index is 11.2. The number of carboxylic acid groups (broad SMARTS) is 1. The number of aromatic nitrogens is 1. The number of rotatable bonds is 4. The second kappa shape index (κ2) is 7.50. The molecule has 0 unspecified atom stereocenters. The number of aromatic hydroxyl groups is 1. The van der Waals surface area contributed by atoms with Crippen molar-refractivity contribution in [1.82, 2.24) is 9.88 Å². The first-order chi connectivity index (χ1) is 12.3. The molecule has 27 heavy (non-hydrogen) atoms. The number of thiazole rings is 1. The Hall–Kier alpha value is -2.08. The van der Waals surface area contributed by atoms with Gasteiger partial charge in [0.2, 0.25) is 0 Å². The van der Waals surface area contributed by atoms with Gasteiger partial charge in [-0.05, 0) is 29.9 Å². The Kier molecular flexibility index (Phi) is 5.90. The molecule has 0 aliphatic heterocycles. The number of phenolic OH excluding ortho intramolecular Hbond substituents is 1. The lowest BCUT2D eigenvalue weighted by Crippen LogP contribution is -2.28. The molecule has 1 heterocycles. The Morgan fingerprint density at radius 2 is 1.63 bits per heavy atom. The van der Waals surface area contributed by atoms with Crippen LogP contribution in [-0.2, 0) is 17.4 Å². The van der Waals surface area contributed by atoms with Crippen molar-refractivity contribution in [2.75, 3.05) is 6.54 Å². The average molecular weight is 391 g/mol. The van der Waals surface area contributed by atoms with Crippen molar-refractivity contribution in [2.24, 2.45) is 0 Å². The lowest BCUT2D eigenvalue weighted by Gasteiger charge is -2.28. The largest absolute Gasteiger partial charge is 0.507 e. The minimum atomic E-state index is -0.941. The summed E-state index contributed by atoms with van der Waals surface area (Å²) in [5.74, 6) is 0.345. The van der Waals surface area contributed by atoms with Gasteiger partial charge in [0.15, 0.2) is 0 Å². The first-order valence-electron chi connectivity index (χ1n) is 9.15. The van der Waals surface area contributed by atoms with Gasteiger partial charge in [0.1, 0.15) is 10.8 Å². The predicted molar refractivity (Wildman–Crippen MR) is 111 cm³/mol. The first kappa shape index (κ1) is 21.2. The van der Waals surface area contributed by atoms with E-state index >= 15 is 0 Å². The fraction of sp³-hybridized carbons (Fsp3) is 0.524. The quantitative estimate of drug-likeness (QED) is 0.711. The van der Waals surface area contributed by atoms with Crippen LogP contribution in [0.5, 0.6) is 5.75 Å². The standard InChI is InChI=1S/C21H30N2O3S/c1-8-23(19(25)26)11-17-22-16(12-27-17)13-9-14(20(2,3)4)18(24)15(10-13)21(5,6)7/h9-10,12,24H,8,11H2,1-7H3,(H,25,26). The van der Waals surface area contributed by atoms with E-state index in [1.165, 1.54) is 16.2 Å². The van der Waals surface area contributed by atoms with Crippen LogP contribution in [0, 0.1) is 0 Å². The maximum atomic E-state index is 11.2. The number of carbonyl (C=O) groups is 1. The van der Waals surface area contributed by atoms with Gasteiger partial charge in [0.05, 0.1) is 12.2 Å². The number of nitrogens with zero attached hydrogens (tertiary/aromatic N) is 2. The molecule has 0 bridgehead atoms. The summed E-state index contributed by atoms with van der Waals surface area (Å²) in [4.78, 5) is 17.2. The van der Waals surface area contributed by atoms with E-state index in [1.807, 2.05) is 24.4 Å². The zero-order valence-corrected chi connectivity index (χ0v) is 18.1. The molecule has 2 N–H and O–H groups in total. The Labute approximate surface area is 165 Å². The molecule has 0 saturated heterocycles. The molecular weight excluding hydrogens is 360 g/mol. The van der Waals surface area contributed by atoms with Crippen molar-refractivity contribution in [3.05, 3.63) is 33.6 Å². The summed E-state index contributed by atoms with van der Waals surface area (Å²) < 4.78 is 0. The fourth-order valence-electron chi connectivity index (χ4n) is 2.92. The SMILES string of the molecule is CCN(Cc1nc(-c2cc(C(C)(C)C)c(O)c(C(C)(C)C)c2)cs1)C(=O)O. The molecule has 1 aromatic carbocycles. The van der Waals surface area contributed by atoms with Crippen LogP contribution in [0.15, 0.2) is 17.5 Å². The van der Waals surface area contributed by atoms with Gasteiger partial charge in [-0.1, -0.05) is 41.5 Å². The average Bonchev–Trinajstić information content (AvgIpc) is 2.98. The molecule has 5 nitrogen and oxygen atoms in total. The van der Waals surface area contributed by atoms with E-state index < -0.39 is 6.09 Å². The van der Waals surface area contributed by atoms with E-state index in [-0.39, 0.29) is 17.4 Å². The molecule has 6 heteroatoms. The van der Waals surface area contributed by atoms with Crippen molar-refractivity contribution >= 4 is 17.4 Å². The highest BCUT2D eigenvalue weighted by molar-refractivity contribution is 7.09. The third kappa shape index (κ3) is 4.80. The number of benzene rings is 1. The number of hydrogen-bond donors (Lipinski definition) is 2. The molecule has 0 aliphatic carbocycles. The molecule has 0 spiro atoms. The van der Waals surface area contributed by atoms with E-state index in [0.29, 0.717) is 12.3 Å². The summed E-state index contributed by atoms with van der Waals surface area (Å²) >= 11 is 1.46. The summed E-state index contributed by atoms with van der Waals surface area (Å²) in [6.45, 7) is 15.0. The van der Waals surface area contributed by atoms with Crippen LogP contribution >= 0.6 is 11.3 Å². The van der Waals surface area contributed by atoms with Gasteiger partial charge < -0.3 is 15.1 Å². The van der Waals surface area contributed by atoms with Crippen LogP contribution in [0.2, 0.25) is 0 Å². The van der Waals surface area contributed by atoms with Crippen molar-refractivity contribution < 1.29 is 15.0 Å². The van der Waals surface area contributed by atoms with Crippen molar-refractivity contribution in [2.45, 2.75) is 65.8 Å². The maximum Gasteiger partial charge on any atom is 0.407 e. The minimum absolute atomic E-state index is 0.207. The van der Waals surface area contributed by atoms with Gasteiger partial charge in [-0.2, -0.15) is 0 Å². The minimum Gasteiger partial charge on any atom is -0.507 e. The van der Waals surface area contributed by atoms with Crippen molar-refractivity contribution in [3.63, 3.8) is 0 Å². The molecule has 1 aromatic heterocycles. The van der Waals surface area contributed by atoms with Crippen LogP contribution in [0.4, 0.5) is 4.79 Å². The van der Waals surface area contributed by atoms with Crippen LogP contribution in [0.25, 0.3) is 11.3 Å². The predicted octanol–water partition coefficient (Wildman–Crippen LogP) is 5.61. The molecule has 0 fully saturated rings. The Bertz CT molecular complexity index is 794. The topological polar surface area (TPSA) is 73.7 Å². The van der Waals surface area contributed by atoms with E-state index in [9.17, 15) is 15.0 Å². The second-order valence-electron chi connectivity index (χ2n) is 8.84. The molecule has 1 amide bonds. The summed E-state index contributed by atoms with van der Waals surface area (Å²) in [6, 6.07) is 4.00. The normalized spacial score (nSPS) is 12.3. The summed E-state index contributed by atoms with van der Waals surface area (Å²) in [5, 5.41) is 22.8. The van der Waals surface area contributed by atoms with E-state index in [0.717, 1.165) is 27.4 Å². The molecule has 0 radical (unpaired) electrons. The van der Waals surface area contributed by atoms with E-state index in [1.54, 1.807) is 0 Å². The molecule has 2 aromatic rings. The second-order valence-corrected chi connectivity index (χ2v) is 9.79. The summed E-state index contributed by atoms with van der Waals surface area (Å²) in [7, 11) is 0. The number of phenols is 1. The molecule has 2 rings (SSSR count). The van der Waals surface area contributed by atoms with E-state index in [4.69, 9.17) is 0 Å². The zero-order chi connectivity index (χ0) is 20.6. The van der Waals surface area contributed by atoms with Crippen LogP contribution in [0.1, 0.15) is 64.6 Å².